The molecular formula is C24H28N2O6S2. The predicted molar refractivity (Wildman–Crippen MR) is 127 cm³/mol. The molecular weight excluding hydrogens is 476 g/mol. The van der Waals surface area contributed by atoms with E-state index >= 15 is 0 Å². The number of hydrogen-bond donors (Lipinski definition) is 1. The highest BCUT2D eigenvalue weighted by Gasteiger charge is 2.27. The van der Waals surface area contributed by atoms with Crippen LogP contribution in [-0.4, -0.2) is 40.4 Å². The number of benzene rings is 2. The number of furan rings is 1. The van der Waals surface area contributed by atoms with E-state index in [1.807, 2.05) is 31.2 Å². The van der Waals surface area contributed by atoms with Gasteiger partial charge in [0.05, 0.1) is 28.7 Å². The predicted octanol–water partition coefficient (Wildman–Crippen LogP) is 3.44. The summed E-state index contributed by atoms with van der Waals surface area (Å²) in [6.07, 6.45) is 3.09. The van der Waals surface area contributed by atoms with Gasteiger partial charge in [-0.25, -0.2) is 21.6 Å². The number of nitrogens with one attached hydrogen (secondary N) is 1. The van der Waals surface area contributed by atoms with Gasteiger partial charge in [0, 0.05) is 19.7 Å². The van der Waals surface area contributed by atoms with Gasteiger partial charge in [-0.2, -0.15) is 4.31 Å². The fourth-order valence-electron chi connectivity index (χ4n) is 3.73. The van der Waals surface area contributed by atoms with E-state index in [0.29, 0.717) is 12.4 Å². The summed E-state index contributed by atoms with van der Waals surface area (Å²) in [5.41, 5.74) is 1.91. The van der Waals surface area contributed by atoms with E-state index in [9.17, 15) is 16.8 Å². The molecule has 182 valence electrons. The first kappa shape index (κ1) is 24.6. The van der Waals surface area contributed by atoms with Crippen LogP contribution >= 0.6 is 0 Å². The van der Waals surface area contributed by atoms with E-state index in [2.05, 4.69) is 4.72 Å². The van der Waals surface area contributed by atoms with Gasteiger partial charge in [0.25, 0.3) is 0 Å². The Morgan fingerprint density at radius 3 is 2.26 bits per heavy atom. The largest absolute Gasteiger partial charge is 0.468 e. The summed E-state index contributed by atoms with van der Waals surface area (Å²) in [6, 6.07) is 16.3. The third kappa shape index (κ3) is 5.94. The molecule has 8 nitrogen and oxygen atoms in total. The van der Waals surface area contributed by atoms with Gasteiger partial charge >= 0.3 is 0 Å². The van der Waals surface area contributed by atoms with Crippen LogP contribution in [0.25, 0.3) is 0 Å². The summed E-state index contributed by atoms with van der Waals surface area (Å²) < 4.78 is 66.9. The van der Waals surface area contributed by atoms with E-state index in [0.717, 1.165) is 24.0 Å². The van der Waals surface area contributed by atoms with E-state index in [1.54, 1.807) is 12.1 Å². The Kier molecular flexibility index (Phi) is 7.54. The Hall–Kier alpha value is -2.50. The number of hydrogen-bond acceptors (Lipinski definition) is 6. The van der Waals surface area contributed by atoms with Crippen LogP contribution < -0.4 is 4.72 Å². The van der Waals surface area contributed by atoms with Gasteiger partial charge in [-0.15, -0.1) is 0 Å². The fraction of sp³-hybridized carbons (Fsp3) is 0.333. The fourth-order valence-corrected chi connectivity index (χ4v) is 6.19. The summed E-state index contributed by atoms with van der Waals surface area (Å²) in [6.45, 7) is 2.98. The van der Waals surface area contributed by atoms with Crippen LogP contribution in [0.2, 0.25) is 0 Å². The molecule has 34 heavy (non-hydrogen) atoms. The van der Waals surface area contributed by atoms with E-state index in [-0.39, 0.29) is 35.5 Å². The Bertz CT molecular complexity index is 1280. The van der Waals surface area contributed by atoms with Crippen molar-refractivity contribution in [2.24, 2.45) is 0 Å². The average molecular weight is 505 g/mol. The normalized spacial score (nSPS) is 16.8. The molecule has 0 amide bonds. The highest BCUT2D eigenvalue weighted by atomic mass is 32.2. The lowest BCUT2D eigenvalue weighted by atomic mass is 10.1. The third-order valence-electron chi connectivity index (χ3n) is 5.69. The molecule has 2 aromatic carbocycles. The molecule has 1 aliphatic rings. The van der Waals surface area contributed by atoms with Crippen LogP contribution in [0.4, 0.5) is 0 Å². The molecule has 0 radical (unpaired) electrons. The smallest absolute Gasteiger partial charge is 0.243 e. The van der Waals surface area contributed by atoms with Gasteiger partial charge in [0.15, 0.2) is 0 Å². The van der Waals surface area contributed by atoms with Gasteiger partial charge < -0.3 is 9.15 Å². The van der Waals surface area contributed by atoms with Crippen molar-refractivity contribution in [3.8, 4) is 0 Å². The molecule has 3 aromatic rings. The van der Waals surface area contributed by atoms with E-state index in [1.165, 1.54) is 34.8 Å². The maximum absolute atomic E-state index is 13.5. The molecule has 4 rings (SSSR count). The first-order chi connectivity index (χ1) is 16.2. The first-order valence-electron chi connectivity index (χ1n) is 11.0. The van der Waals surface area contributed by atoms with Gasteiger partial charge in [-0.1, -0.05) is 29.8 Å². The molecule has 1 aromatic heterocycles. The van der Waals surface area contributed by atoms with E-state index < -0.39 is 20.0 Å². The van der Waals surface area contributed by atoms with Crippen molar-refractivity contribution in [1.82, 2.24) is 9.03 Å². The molecule has 0 spiro atoms. The zero-order valence-electron chi connectivity index (χ0n) is 18.9. The summed E-state index contributed by atoms with van der Waals surface area (Å²) in [4.78, 5) is 0.00445. The summed E-state index contributed by atoms with van der Waals surface area (Å²) >= 11 is 0. The minimum Gasteiger partial charge on any atom is -0.468 e. The van der Waals surface area contributed by atoms with Crippen molar-refractivity contribution < 1.29 is 26.0 Å². The SMILES string of the molecule is Cc1ccc(CN(Cc2ccco2)S(=O)(=O)c2ccc(S(=O)(=O)NCC3CCCO3)cc2)cc1. The van der Waals surface area contributed by atoms with Crippen molar-refractivity contribution in [3.63, 3.8) is 0 Å². The molecule has 0 aliphatic carbocycles. The topological polar surface area (TPSA) is 106 Å². The molecule has 1 unspecified atom stereocenters. The zero-order chi connectivity index (χ0) is 24.2. The van der Waals surface area contributed by atoms with E-state index in [4.69, 9.17) is 9.15 Å². The maximum atomic E-state index is 13.5. The van der Waals surface area contributed by atoms with Crippen LogP contribution in [0.15, 0.2) is 81.1 Å². The van der Waals surface area contributed by atoms with Crippen LogP contribution in [0.1, 0.15) is 29.7 Å². The standard InChI is InChI=1S/C24H28N2O6S2/c1-19-6-8-20(9-7-19)17-26(18-22-5-3-15-32-22)34(29,30)24-12-10-23(11-13-24)33(27,28)25-16-21-4-2-14-31-21/h3,5-13,15,21,25H,2,4,14,16-18H2,1H3. The van der Waals surface area contributed by atoms with Gasteiger partial charge in [0.1, 0.15) is 5.76 Å². The number of ether oxygens (including phenoxy) is 1. The second kappa shape index (κ2) is 10.4. The molecule has 1 aliphatic heterocycles. The minimum absolute atomic E-state index is 0.000524. The first-order valence-corrected chi connectivity index (χ1v) is 14.0. The van der Waals surface area contributed by atoms with Crippen molar-refractivity contribution >= 4 is 20.0 Å². The minimum atomic E-state index is -3.93. The van der Waals surface area contributed by atoms with Crippen molar-refractivity contribution in [2.45, 2.75) is 48.7 Å². The van der Waals surface area contributed by atoms with Crippen LogP contribution in [0.3, 0.4) is 0 Å². The second-order valence-electron chi connectivity index (χ2n) is 8.30. The monoisotopic (exact) mass is 504 g/mol. The average Bonchev–Trinajstić information content (AvgIpc) is 3.53. The third-order valence-corrected chi connectivity index (χ3v) is 8.93. The Labute approximate surface area is 200 Å². The Morgan fingerprint density at radius 1 is 0.941 bits per heavy atom. The van der Waals surface area contributed by atoms with Crippen LogP contribution in [0, 0.1) is 6.92 Å². The Balaban J connectivity index is 1.54. The molecule has 1 atom stereocenters. The van der Waals surface area contributed by atoms with Crippen molar-refractivity contribution in [3.05, 3.63) is 83.8 Å². The highest BCUT2D eigenvalue weighted by molar-refractivity contribution is 7.89. The molecule has 0 bridgehead atoms. The van der Waals surface area contributed by atoms with Crippen LogP contribution in [0.5, 0.6) is 0 Å². The Morgan fingerprint density at radius 2 is 1.65 bits per heavy atom. The molecule has 1 fully saturated rings. The number of sulfonamides is 2. The summed E-state index contributed by atoms with van der Waals surface area (Å²) in [5.74, 6) is 0.508. The lowest BCUT2D eigenvalue weighted by molar-refractivity contribution is 0.114. The number of rotatable bonds is 10. The van der Waals surface area contributed by atoms with Crippen molar-refractivity contribution in [2.75, 3.05) is 13.2 Å². The highest BCUT2D eigenvalue weighted by Crippen LogP contribution is 2.23. The lowest BCUT2D eigenvalue weighted by Gasteiger charge is -2.22. The molecule has 1 N–H and O–H groups in total. The maximum Gasteiger partial charge on any atom is 0.243 e. The van der Waals surface area contributed by atoms with Crippen LogP contribution in [-0.2, 0) is 37.9 Å². The quantitative estimate of drug-likeness (QED) is 0.453. The summed E-state index contributed by atoms with van der Waals surface area (Å²) in [5, 5.41) is 0. The molecule has 0 saturated carbocycles. The van der Waals surface area contributed by atoms with Gasteiger partial charge in [0.2, 0.25) is 20.0 Å². The molecule has 1 saturated heterocycles. The van der Waals surface area contributed by atoms with Crippen molar-refractivity contribution in [1.29, 1.82) is 0 Å². The molecule has 10 heteroatoms. The zero-order valence-corrected chi connectivity index (χ0v) is 20.5. The summed E-state index contributed by atoms with van der Waals surface area (Å²) in [7, 11) is -7.71. The number of nitrogens with zero attached hydrogens (tertiary/aromatic N) is 1. The molecule has 2 heterocycles. The van der Waals surface area contributed by atoms with Gasteiger partial charge in [-0.05, 0) is 61.7 Å². The second-order valence-corrected chi connectivity index (χ2v) is 12.0. The van der Waals surface area contributed by atoms with Gasteiger partial charge in [-0.3, -0.25) is 0 Å². The lowest BCUT2D eigenvalue weighted by Crippen LogP contribution is -2.32. The number of aryl methyl sites for hydroxylation is 1.